The van der Waals surface area contributed by atoms with Gasteiger partial charge in [0.05, 0.1) is 18.8 Å². The van der Waals surface area contributed by atoms with E-state index < -0.39 is 11.9 Å². The van der Waals surface area contributed by atoms with Crippen molar-refractivity contribution in [3.05, 3.63) is 138 Å². The van der Waals surface area contributed by atoms with Gasteiger partial charge in [0, 0.05) is 10.8 Å². The van der Waals surface area contributed by atoms with Gasteiger partial charge in [-0.3, -0.25) is 9.59 Å². The summed E-state index contributed by atoms with van der Waals surface area (Å²) in [6.45, 7) is 4.36. The lowest BCUT2D eigenvalue weighted by atomic mass is 10.0. The van der Waals surface area contributed by atoms with E-state index in [2.05, 4.69) is 20.7 Å². The van der Waals surface area contributed by atoms with Gasteiger partial charge in [0.25, 0.3) is 0 Å². The molecule has 2 N–H and O–H groups in total. The molecule has 2 heterocycles. The predicted molar refractivity (Wildman–Crippen MR) is 212 cm³/mol. The third-order valence-corrected chi connectivity index (χ3v) is 8.48. The highest BCUT2D eigenvalue weighted by Gasteiger charge is 2.15. The fraction of sp³-hybridized carbons (Fsp3) is 0.116. The molecule has 0 amide bonds. The number of hydrogen-bond acceptors (Lipinski definition) is 9. The lowest BCUT2D eigenvalue weighted by Gasteiger charge is -2.01. The Morgan fingerprint density at radius 3 is 1.57 bits per heavy atom. The van der Waals surface area contributed by atoms with Gasteiger partial charge in [0.1, 0.15) is 22.2 Å². The van der Waals surface area contributed by atoms with Crippen molar-refractivity contribution < 1.29 is 47.7 Å². The normalized spacial score (nSPS) is 10.4. The van der Waals surface area contributed by atoms with E-state index in [1.165, 1.54) is 6.07 Å². The SMILES string of the molecule is CCOC(=O)CBr.CCOC(=O)c1cc2c(ccc3ccccc32)o1.O=C(O)c1cc2c(ccc3ccccc32)o1.O=Cc1c(O)ccc2ccccc12. The quantitative estimate of drug-likeness (QED) is 0.0945. The van der Waals surface area contributed by atoms with E-state index in [9.17, 15) is 24.3 Å². The molecule has 2 aromatic heterocycles. The number of esters is 2. The second-order valence-electron chi connectivity index (χ2n) is 11.4. The maximum Gasteiger partial charge on any atom is 0.374 e. The average molecular weight is 792 g/mol. The van der Waals surface area contributed by atoms with Crippen LogP contribution in [-0.4, -0.2) is 53.0 Å². The number of hydrogen-bond donors (Lipinski definition) is 2. The minimum absolute atomic E-state index is 0.0219. The number of aromatic carboxylic acids is 1. The van der Waals surface area contributed by atoms with E-state index in [1.807, 2.05) is 91.0 Å². The molecule has 0 unspecified atom stereocenters. The number of phenolic OH excluding ortho intramolecular Hbond substituents is 1. The van der Waals surface area contributed by atoms with Crippen LogP contribution in [0.4, 0.5) is 0 Å². The van der Waals surface area contributed by atoms with Crippen molar-refractivity contribution in [3.63, 3.8) is 0 Å². The Kier molecular flexibility index (Phi) is 13.2. The van der Waals surface area contributed by atoms with Crippen LogP contribution in [0.25, 0.3) is 54.3 Å². The summed E-state index contributed by atoms with van der Waals surface area (Å²) < 4.78 is 20.2. The molecule has 54 heavy (non-hydrogen) atoms. The maximum atomic E-state index is 11.6. The first-order chi connectivity index (χ1) is 26.2. The van der Waals surface area contributed by atoms with Crippen molar-refractivity contribution in [3.8, 4) is 5.75 Å². The molecule has 0 atom stereocenters. The van der Waals surface area contributed by atoms with Crippen molar-refractivity contribution >= 4 is 94.4 Å². The van der Waals surface area contributed by atoms with Crippen molar-refractivity contribution in [2.75, 3.05) is 18.5 Å². The number of benzene rings is 6. The number of aldehydes is 1. The van der Waals surface area contributed by atoms with Crippen LogP contribution < -0.4 is 0 Å². The zero-order chi connectivity index (χ0) is 38.6. The zero-order valence-corrected chi connectivity index (χ0v) is 30.9. The summed E-state index contributed by atoms with van der Waals surface area (Å²) >= 11 is 2.94. The molecule has 0 fully saturated rings. The molecule has 6 aromatic carbocycles. The topological polar surface area (TPSA) is 153 Å². The number of rotatable bonds is 6. The Morgan fingerprint density at radius 1 is 0.630 bits per heavy atom. The Balaban J connectivity index is 0.000000145. The van der Waals surface area contributed by atoms with Gasteiger partial charge in [-0.05, 0) is 76.5 Å². The van der Waals surface area contributed by atoms with E-state index >= 15 is 0 Å². The zero-order valence-electron chi connectivity index (χ0n) is 29.3. The van der Waals surface area contributed by atoms with Crippen LogP contribution in [0.1, 0.15) is 45.3 Å². The molecule has 0 saturated carbocycles. The van der Waals surface area contributed by atoms with Crippen LogP contribution in [-0.2, 0) is 14.3 Å². The van der Waals surface area contributed by atoms with Crippen LogP contribution in [0.15, 0.2) is 130 Å². The number of ether oxygens (including phenoxy) is 2. The number of phenols is 1. The number of halogens is 1. The number of carbonyl (C=O) groups excluding carboxylic acids is 3. The summed E-state index contributed by atoms with van der Waals surface area (Å²) in [5.74, 6) is -1.40. The van der Waals surface area contributed by atoms with Crippen molar-refractivity contribution in [2.24, 2.45) is 0 Å². The molecule has 11 heteroatoms. The lowest BCUT2D eigenvalue weighted by molar-refractivity contribution is -0.139. The van der Waals surface area contributed by atoms with Gasteiger partial charge in [0.2, 0.25) is 11.5 Å². The molecule has 0 spiro atoms. The lowest BCUT2D eigenvalue weighted by Crippen LogP contribution is -2.03. The Morgan fingerprint density at radius 2 is 1.09 bits per heavy atom. The van der Waals surface area contributed by atoms with Gasteiger partial charge < -0.3 is 28.5 Å². The first-order valence-electron chi connectivity index (χ1n) is 16.8. The van der Waals surface area contributed by atoms with E-state index in [1.54, 1.807) is 38.1 Å². The highest BCUT2D eigenvalue weighted by atomic mass is 79.9. The summed E-state index contributed by atoms with van der Waals surface area (Å²) in [6.07, 6.45) is 0.678. The van der Waals surface area contributed by atoms with Crippen LogP contribution >= 0.6 is 15.9 Å². The molecule has 0 radical (unpaired) electrons. The second-order valence-corrected chi connectivity index (χ2v) is 12.0. The van der Waals surface area contributed by atoms with Crippen molar-refractivity contribution in [2.45, 2.75) is 13.8 Å². The highest BCUT2D eigenvalue weighted by molar-refractivity contribution is 9.09. The summed E-state index contributed by atoms with van der Waals surface area (Å²) in [6, 6.07) is 37.5. The molecule has 10 nitrogen and oxygen atoms in total. The van der Waals surface area contributed by atoms with Crippen LogP contribution in [0.3, 0.4) is 0 Å². The largest absolute Gasteiger partial charge is 0.507 e. The monoisotopic (exact) mass is 790 g/mol. The molecule has 0 aliphatic rings. The average Bonchev–Trinajstić information content (AvgIpc) is 3.85. The molecule has 0 bridgehead atoms. The molecule has 0 aliphatic heterocycles. The van der Waals surface area contributed by atoms with Gasteiger partial charge in [-0.25, -0.2) is 9.59 Å². The molecular weight excluding hydrogens is 756 g/mol. The Bertz CT molecular complexity index is 2580. The van der Waals surface area contributed by atoms with E-state index in [4.69, 9.17) is 18.7 Å². The standard InChI is InChI=1S/C15H12O3.C13H8O3.C11H8O2.C4H7BrO2/c1-2-17-15(16)14-9-12-11-6-4-3-5-10(11)7-8-13(12)18-14;14-13(15)12-7-10-9-4-2-1-3-8(9)5-6-11(10)16-12;12-7-10-9-4-2-1-3-8(9)5-6-11(10)13;1-2-7-4(6)3-5/h3-9H,2H2,1H3;1-7H,(H,14,15);1-7,13H;2-3H2,1H3. The van der Waals surface area contributed by atoms with Gasteiger partial charge in [-0.1, -0.05) is 107 Å². The fourth-order valence-electron chi connectivity index (χ4n) is 5.60. The highest BCUT2D eigenvalue weighted by Crippen LogP contribution is 2.30. The first-order valence-corrected chi connectivity index (χ1v) is 17.9. The van der Waals surface area contributed by atoms with Crippen molar-refractivity contribution in [1.82, 2.24) is 0 Å². The smallest absolute Gasteiger partial charge is 0.374 e. The Labute approximate surface area is 317 Å². The molecule has 0 aliphatic carbocycles. The van der Waals surface area contributed by atoms with E-state index in [0.717, 1.165) is 43.1 Å². The van der Waals surface area contributed by atoms with Crippen molar-refractivity contribution in [1.29, 1.82) is 0 Å². The van der Waals surface area contributed by atoms with Crippen LogP contribution in [0, 0.1) is 0 Å². The summed E-state index contributed by atoms with van der Waals surface area (Å²) in [4.78, 5) is 43.3. The van der Waals surface area contributed by atoms with E-state index in [0.29, 0.717) is 41.6 Å². The number of aromatic hydroxyl groups is 1. The number of furan rings is 2. The number of carboxylic acid groups (broad SMARTS) is 1. The van der Waals surface area contributed by atoms with Crippen LogP contribution in [0.5, 0.6) is 5.75 Å². The van der Waals surface area contributed by atoms with Gasteiger partial charge >= 0.3 is 17.9 Å². The molecule has 0 saturated heterocycles. The summed E-state index contributed by atoms with van der Waals surface area (Å²) in [7, 11) is 0. The number of carboxylic acids is 1. The van der Waals surface area contributed by atoms with Gasteiger partial charge in [-0.15, -0.1) is 0 Å². The summed E-state index contributed by atoms with van der Waals surface area (Å²) in [5.41, 5.74) is 1.67. The third kappa shape index (κ3) is 9.12. The minimum Gasteiger partial charge on any atom is -0.507 e. The molecule has 8 rings (SSSR count). The number of carbonyl (C=O) groups is 4. The van der Waals surface area contributed by atoms with Crippen LogP contribution in [0.2, 0.25) is 0 Å². The number of alkyl halides is 1. The predicted octanol–water partition coefficient (Wildman–Crippen LogP) is 10.3. The number of fused-ring (bicyclic) bond motifs is 7. The minimum atomic E-state index is -1.04. The van der Waals surface area contributed by atoms with Gasteiger partial charge in [0.15, 0.2) is 6.29 Å². The van der Waals surface area contributed by atoms with Gasteiger partial charge in [-0.2, -0.15) is 0 Å². The maximum absolute atomic E-state index is 11.6. The Hall–Kier alpha value is -6.46. The summed E-state index contributed by atoms with van der Waals surface area (Å²) in [5, 5.41) is 26.4. The molecule has 8 aromatic rings. The third-order valence-electron chi connectivity index (χ3n) is 8.02. The molecular formula is C43H35BrO10. The molecule has 274 valence electrons. The first kappa shape index (κ1) is 38.8. The van der Waals surface area contributed by atoms with E-state index in [-0.39, 0.29) is 23.2 Å². The second kappa shape index (κ2) is 18.3. The fourth-order valence-corrected chi connectivity index (χ4v) is 5.76.